The fraction of sp³-hybridized carbons (Fsp3) is 0.417. The molecule has 0 radical (unpaired) electrons. The highest BCUT2D eigenvalue weighted by Gasteiger charge is 2.30. The Morgan fingerprint density at radius 2 is 2.06 bits per heavy atom. The quantitative estimate of drug-likeness (QED) is 0.870. The number of nitrogens with one attached hydrogen (secondary N) is 2. The first-order chi connectivity index (χ1) is 8.45. The molecule has 6 heteroatoms. The lowest BCUT2D eigenvalue weighted by atomic mass is 10.2. The van der Waals surface area contributed by atoms with Crippen LogP contribution in [0.15, 0.2) is 24.3 Å². The van der Waals surface area contributed by atoms with Crippen LogP contribution in [-0.4, -0.2) is 18.5 Å². The molecule has 3 nitrogen and oxygen atoms in total. The van der Waals surface area contributed by atoms with Crippen molar-refractivity contribution >= 4 is 11.6 Å². The summed E-state index contributed by atoms with van der Waals surface area (Å²) in [5, 5.41) is 5.42. The van der Waals surface area contributed by atoms with Gasteiger partial charge >= 0.3 is 6.18 Å². The van der Waals surface area contributed by atoms with Crippen LogP contribution in [0.5, 0.6) is 0 Å². The Labute approximate surface area is 102 Å². The highest BCUT2D eigenvalue weighted by atomic mass is 19.4. The fourth-order valence-electron chi connectivity index (χ4n) is 1.50. The fourth-order valence-corrected chi connectivity index (χ4v) is 1.50. The van der Waals surface area contributed by atoms with Crippen LogP contribution >= 0.6 is 0 Å². The highest BCUT2D eigenvalue weighted by Crippen LogP contribution is 2.30. The second-order valence-corrected chi connectivity index (χ2v) is 4.28. The Morgan fingerprint density at radius 1 is 1.33 bits per heavy atom. The molecule has 1 aliphatic carbocycles. The molecule has 0 aliphatic heterocycles. The lowest BCUT2D eigenvalue weighted by molar-refractivity contribution is -0.137. The van der Waals surface area contributed by atoms with E-state index in [1.165, 1.54) is 12.1 Å². The molecule has 0 unspecified atom stereocenters. The van der Waals surface area contributed by atoms with Crippen molar-refractivity contribution in [2.24, 2.45) is 0 Å². The molecule has 1 amide bonds. The van der Waals surface area contributed by atoms with Gasteiger partial charge in [0.25, 0.3) is 0 Å². The van der Waals surface area contributed by atoms with E-state index in [4.69, 9.17) is 0 Å². The summed E-state index contributed by atoms with van der Waals surface area (Å²) in [5.74, 6) is -0.332. The van der Waals surface area contributed by atoms with E-state index in [2.05, 4.69) is 10.6 Å². The summed E-state index contributed by atoms with van der Waals surface area (Å²) in [6.45, 7) is 0.126. The SMILES string of the molecule is O=C(CNC1CC1)Nc1cccc(C(F)(F)F)c1. The maximum absolute atomic E-state index is 12.4. The van der Waals surface area contributed by atoms with Crippen molar-refractivity contribution in [3.8, 4) is 0 Å². The number of alkyl halides is 3. The molecule has 0 spiro atoms. The predicted molar refractivity (Wildman–Crippen MR) is 61.1 cm³/mol. The molecule has 1 saturated carbocycles. The Kier molecular flexibility index (Phi) is 3.56. The molecule has 1 fully saturated rings. The van der Waals surface area contributed by atoms with E-state index in [9.17, 15) is 18.0 Å². The average Bonchev–Trinajstić information content (AvgIpc) is 3.09. The molecule has 1 aromatic carbocycles. The van der Waals surface area contributed by atoms with Crippen LogP contribution in [-0.2, 0) is 11.0 Å². The average molecular weight is 258 g/mol. The van der Waals surface area contributed by atoms with Gasteiger partial charge in [0.2, 0.25) is 5.91 Å². The van der Waals surface area contributed by atoms with Crippen molar-refractivity contribution in [3.05, 3.63) is 29.8 Å². The Bertz CT molecular complexity index is 441. The number of halogens is 3. The van der Waals surface area contributed by atoms with Crippen molar-refractivity contribution in [1.82, 2.24) is 5.32 Å². The predicted octanol–water partition coefficient (Wildman–Crippen LogP) is 2.40. The molecule has 2 rings (SSSR count). The number of benzene rings is 1. The standard InChI is InChI=1S/C12H13F3N2O/c13-12(14,15)8-2-1-3-10(6-8)17-11(18)7-16-9-4-5-9/h1-3,6,9,16H,4-5,7H2,(H,17,18). The molecular weight excluding hydrogens is 245 g/mol. The van der Waals surface area contributed by atoms with Gasteiger partial charge in [0.05, 0.1) is 12.1 Å². The summed E-state index contributed by atoms with van der Waals surface area (Å²) in [5.41, 5.74) is -0.608. The number of anilines is 1. The number of carbonyl (C=O) groups is 1. The lowest BCUT2D eigenvalue weighted by Gasteiger charge is -2.10. The van der Waals surface area contributed by atoms with E-state index in [-0.39, 0.29) is 18.1 Å². The zero-order chi connectivity index (χ0) is 13.2. The van der Waals surface area contributed by atoms with Gasteiger partial charge in [-0.1, -0.05) is 6.07 Å². The van der Waals surface area contributed by atoms with Gasteiger partial charge in [0.1, 0.15) is 0 Å². The van der Waals surface area contributed by atoms with Crippen LogP contribution in [0.25, 0.3) is 0 Å². The lowest BCUT2D eigenvalue weighted by Crippen LogP contribution is -2.29. The zero-order valence-corrected chi connectivity index (χ0v) is 9.55. The van der Waals surface area contributed by atoms with Gasteiger partial charge < -0.3 is 10.6 Å². The molecule has 0 bridgehead atoms. The Balaban J connectivity index is 1.93. The molecular formula is C12H13F3N2O. The summed E-state index contributed by atoms with van der Waals surface area (Å²) in [4.78, 5) is 11.5. The molecule has 18 heavy (non-hydrogen) atoms. The van der Waals surface area contributed by atoms with Gasteiger partial charge in [0, 0.05) is 11.7 Å². The first-order valence-corrected chi connectivity index (χ1v) is 5.65. The van der Waals surface area contributed by atoms with Gasteiger partial charge in [-0.15, -0.1) is 0 Å². The summed E-state index contributed by atoms with van der Waals surface area (Å²) >= 11 is 0. The second kappa shape index (κ2) is 4.97. The van der Waals surface area contributed by atoms with E-state index in [1.54, 1.807) is 0 Å². The summed E-state index contributed by atoms with van der Waals surface area (Å²) < 4.78 is 37.3. The first-order valence-electron chi connectivity index (χ1n) is 5.65. The number of hydrogen-bond acceptors (Lipinski definition) is 2. The van der Waals surface area contributed by atoms with Crippen LogP contribution in [0, 0.1) is 0 Å². The third kappa shape index (κ3) is 3.73. The van der Waals surface area contributed by atoms with Crippen molar-refractivity contribution in [3.63, 3.8) is 0 Å². The van der Waals surface area contributed by atoms with Crippen molar-refractivity contribution < 1.29 is 18.0 Å². The van der Waals surface area contributed by atoms with E-state index in [0.29, 0.717) is 6.04 Å². The minimum absolute atomic E-state index is 0.126. The molecule has 0 heterocycles. The third-order valence-electron chi connectivity index (χ3n) is 2.60. The van der Waals surface area contributed by atoms with Crippen LogP contribution in [0.2, 0.25) is 0 Å². The van der Waals surface area contributed by atoms with E-state index in [1.807, 2.05) is 0 Å². The number of hydrogen-bond donors (Lipinski definition) is 2. The first kappa shape index (κ1) is 12.9. The molecule has 1 aliphatic rings. The van der Waals surface area contributed by atoms with Gasteiger partial charge in [-0.3, -0.25) is 4.79 Å². The van der Waals surface area contributed by atoms with E-state index >= 15 is 0 Å². The number of rotatable bonds is 4. The minimum atomic E-state index is -4.40. The van der Waals surface area contributed by atoms with Crippen molar-refractivity contribution in [1.29, 1.82) is 0 Å². The monoisotopic (exact) mass is 258 g/mol. The van der Waals surface area contributed by atoms with Gasteiger partial charge in [-0.25, -0.2) is 0 Å². The number of amides is 1. The number of carbonyl (C=O) groups excluding carboxylic acids is 1. The maximum atomic E-state index is 12.4. The summed E-state index contributed by atoms with van der Waals surface area (Å²) in [6, 6.07) is 4.99. The van der Waals surface area contributed by atoms with Crippen molar-refractivity contribution in [2.45, 2.75) is 25.1 Å². The van der Waals surface area contributed by atoms with E-state index < -0.39 is 11.7 Å². The van der Waals surface area contributed by atoms with Crippen LogP contribution in [0.1, 0.15) is 18.4 Å². The summed E-state index contributed by atoms with van der Waals surface area (Å²) in [7, 11) is 0. The maximum Gasteiger partial charge on any atom is 0.416 e. The topological polar surface area (TPSA) is 41.1 Å². The van der Waals surface area contributed by atoms with Crippen molar-refractivity contribution in [2.75, 3.05) is 11.9 Å². The Morgan fingerprint density at radius 3 is 2.67 bits per heavy atom. The van der Waals surface area contributed by atoms with Gasteiger partial charge in [-0.2, -0.15) is 13.2 Å². The molecule has 1 aromatic rings. The third-order valence-corrected chi connectivity index (χ3v) is 2.60. The summed E-state index contributed by atoms with van der Waals surface area (Å²) in [6.07, 6.45) is -2.29. The Hall–Kier alpha value is -1.56. The van der Waals surface area contributed by atoms with E-state index in [0.717, 1.165) is 25.0 Å². The minimum Gasteiger partial charge on any atom is -0.325 e. The molecule has 0 atom stereocenters. The smallest absolute Gasteiger partial charge is 0.325 e. The zero-order valence-electron chi connectivity index (χ0n) is 9.55. The second-order valence-electron chi connectivity index (χ2n) is 4.28. The molecule has 98 valence electrons. The van der Waals surface area contributed by atoms with Gasteiger partial charge in [-0.05, 0) is 31.0 Å². The molecule has 2 N–H and O–H groups in total. The normalized spacial score (nSPS) is 15.5. The van der Waals surface area contributed by atoms with Gasteiger partial charge in [0.15, 0.2) is 0 Å². The largest absolute Gasteiger partial charge is 0.416 e. The highest BCUT2D eigenvalue weighted by molar-refractivity contribution is 5.92. The molecule has 0 aromatic heterocycles. The van der Waals surface area contributed by atoms with Crippen LogP contribution in [0.3, 0.4) is 0 Å². The molecule has 0 saturated heterocycles. The van der Waals surface area contributed by atoms with Crippen LogP contribution < -0.4 is 10.6 Å². The van der Waals surface area contributed by atoms with Crippen LogP contribution in [0.4, 0.5) is 18.9 Å².